The van der Waals surface area contributed by atoms with Gasteiger partial charge >= 0.3 is 0 Å². The van der Waals surface area contributed by atoms with Gasteiger partial charge in [0.15, 0.2) is 0 Å². The number of nitrogens with one attached hydrogen (secondary N) is 2. The number of halogens is 2. The van der Waals surface area contributed by atoms with Gasteiger partial charge in [0, 0.05) is 34.7 Å². The second-order valence-electron chi connectivity index (χ2n) is 7.62. The molecule has 0 spiro atoms. The Balaban J connectivity index is 1.44. The maximum absolute atomic E-state index is 13.1. The summed E-state index contributed by atoms with van der Waals surface area (Å²) < 4.78 is 13.1. The Hall–Kier alpha value is -2.47. The number of hydrogen-bond donors (Lipinski definition) is 2. The highest BCUT2D eigenvalue weighted by Crippen LogP contribution is 2.39. The number of allylic oxidation sites excluding steroid dienone is 1. The molecule has 5 nitrogen and oxygen atoms in total. The summed E-state index contributed by atoms with van der Waals surface area (Å²) in [5.74, 6) is 0.472. The lowest BCUT2D eigenvalue weighted by Gasteiger charge is -2.28. The molecular weight excluding hydrogens is 377 g/mol. The quantitative estimate of drug-likeness (QED) is 0.806. The van der Waals surface area contributed by atoms with Gasteiger partial charge in [0.2, 0.25) is 0 Å². The molecule has 4 heterocycles. The number of pyridine rings is 1. The van der Waals surface area contributed by atoms with Crippen LogP contribution in [0.4, 0.5) is 10.1 Å². The highest BCUT2D eigenvalue weighted by Gasteiger charge is 2.28. The maximum atomic E-state index is 13.1. The van der Waals surface area contributed by atoms with Crippen LogP contribution in [0.1, 0.15) is 42.9 Å². The fraction of sp³-hybridized carbons (Fsp3) is 0.381. The minimum atomic E-state index is -0.282. The first-order valence-electron chi connectivity index (χ1n) is 9.74. The zero-order valence-corrected chi connectivity index (χ0v) is 16.1. The molecule has 2 aromatic rings. The standard InChI is InChI=1S/C21H21ClFN5/c22-14-7-8-24-20-16-11-26-28-19(21(16)27-18(20)9-14)13-3-1-12(2-4-13)17-6-5-15(23)10-25-17/h5-7,9-10,12-13,24,27H,1-4,8,11H2/t12-,13-. The third-order valence-electron chi connectivity index (χ3n) is 5.94. The van der Waals surface area contributed by atoms with E-state index in [0.29, 0.717) is 24.9 Å². The van der Waals surface area contributed by atoms with E-state index in [1.165, 1.54) is 17.8 Å². The van der Waals surface area contributed by atoms with Crippen LogP contribution in [0.15, 0.2) is 39.7 Å². The van der Waals surface area contributed by atoms with Gasteiger partial charge in [-0.05, 0) is 50.0 Å². The van der Waals surface area contributed by atoms with Crippen molar-refractivity contribution in [2.75, 3.05) is 11.9 Å². The van der Waals surface area contributed by atoms with Crippen molar-refractivity contribution in [2.24, 2.45) is 16.1 Å². The molecule has 1 aliphatic carbocycles. The van der Waals surface area contributed by atoms with Crippen molar-refractivity contribution in [3.05, 3.63) is 57.2 Å². The number of aromatic amines is 1. The van der Waals surface area contributed by atoms with Crippen LogP contribution in [-0.2, 0) is 6.54 Å². The molecule has 0 saturated heterocycles. The van der Waals surface area contributed by atoms with Gasteiger partial charge in [0.05, 0.1) is 34.8 Å². The van der Waals surface area contributed by atoms with Crippen molar-refractivity contribution >= 4 is 29.1 Å². The maximum Gasteiger partial charge on any atom is 0.141 e. The lowest BCUT2D eigenvalue weighted by Crippen LogP contribution is -2.24. The highest BCUT2D eigenvalue weighted by atomic mass is 35.5. The van der Waals surface area contributed by atoms with Crippen molar-refractivity contribution in [3.63, 3.8) is 0 Å². The summed E-state index contributed by atoms with van der Waals surface area (Å²) in [7, 11) is 0. The summed E-state index contributed by atoms with van der Waals surface area (Å²) in [4.78, 5) is 7.81. The molecule has 0 aromatic carbocycles. The van der Waals surface area contributed by atoms with Crippen molar-refractivity contribution in [1.29, 1.82) is 0 Å². The molecule has 0 bridgehead atoms. The summed E-state index contributed by atoms with van der Waals surface area (Å²) in [6.07, 6.45) is 9.34. The lowest BCUT2D eigenvalue weighted by molar-refractivity contribution is 0.373. The van der Waals surface area contributed by atoms with Crippen LogP contribution in [0.5, 0.6) is 0 Å². The second-order valence-corrected chi connectivity index (χ2v) is 8.05. The average molecular weight is 398 g/mol. The van der Waals surface area contributed by atoms with Crippen LogP contribution in [0.2, 0.25) is 0 Å². The number of H-pyrrole nitrogens is 1. The molecule has 5 rings (SSSR count). The Labute approximate surface area is 167 Å². The summed E-state index contributed by atoms with van der Waals surface area (Å²) >= 11 is 6.24. The van der Waals surface area contributed by atoms with E-state index in [9.17, 15) is 4.39 Å². The van der Waals surface area contributed by atoms with E-state index >= 15 is 0 Å². The number of fused-ring (bicyclic) bond motifs is 3. The smallest absolute Gasteiger partial charge is 0.141 e. The number of nitrogens with zero attached hydrogens (tertiary/aromatic N) is 3. The minimum Gasteiger partial charge on any atom is -0.379 e. The topological polar surface area (TPSA) is 65.4 Å². The predicted octanol–water partition coefficient (Wildman–Crippen LogP) is 3.93. The van der Waals surface area contributed by atoms with Crippen LogP contribution in [0, 0.1) is 11.7 Å². The Morgan fingerprint density at radius 1 is 1.11 bits per heavy atom. The first kappa shape index (κ1) is 17.6. The molecule has 1 fully saturated rings. The Kier molecular flexibility index (Phi) is 4.51. The molecule has 3 aliphatic rings. The van der Waals surface area contributed by atoms with Crippen LogP contribution >= 0.6 is 11.6 Å². The molecule has 0 radical (unpaired) electrons. The van der Waals surface area contributed by atoms with Gasteiger partial charge in [0.1, 0.15) is 5.82 Å². The van der Waals surface area contributed by atoms with Crippen LogP contribution in [-0.4, -0.2) is 16.5 Å². The lowest BCUT2D eigenvalue weighted by atomic mass is 9.78. The van der Waals surface area contributed by atoms with Gasteiger partial charge in [0.25, 0.3) is 0 Å². The van der Waals surface area contributed by atoms with Crippen LogP contribution in [0.3, 0.4) is 0 Å². The van der Waals surface area contributed by atoms with E-state index in [2.05, 4.69) is 25.5 Å². The predicted molar refractivity (Wildman–Crippen MR) is 108 cm³/mol. The first-order valence-corrected chi connectivity index (χ1v) is 10.1. The molecule has 0 atom stereocenters. The van der Waals surface area contributed by atoms with Gasteiger partial charge < -0.3 is 10.3 Å². The molecule has 2 aromatic heterocycles. The van der Waals surface area contributed by atoms with E-state index in [0.717, 1.165) is 58.5 Å². The Morgan fingerprint density at radius 2 is 1.93 bits per heavy atom. The molecule has 0 unspecified atom stereocenters. The minimum absolute atomic E-state index is 0.282. The van der Waals surface area contributed by atoms with E-state index in [4.69, 9.17) is 11.6 Å². The largest absolute Gasteiger partial charge is 0.379 e. The number of azo groups is 1. The first-order chi connectivity index (χ1) is 13.7. The number of anilines is 1. The fourth-order valence-electron chi connectivity index (χ4n) is 4.50. The number of hydrogen-bond acceptors (Lipinski definition) is 4. The second kappa shape index (κ2) is 7.17. The molecule has 2 aliphatic heterocycles. The highest BCUT2D eigenvalue weighted by molar-refractivity contribution is 6.34. The van der Waals surface area contributed by atoms with E-state index in [1.807, 2.05) is 18.2 Å². The molecule has 0 amide bonds. The van der Waals surface area contributed by atoms with Crippen LogP contribution in [0.25, 0.3) is 11.8 Å². The molecule has 1 saturated carbocycles. The number of aromatic nitrogens is 2. The Morgan fingerprint density at radius 3 is 2.71 bits per heavy atom. The summed E-state index contributed by atoms with van der Waals surface area (Å²) in [5.41, 5.74) is 4.30. The summed E-state index contributed by atoms with van der Waals surface area (Å²) in [5, 5.41) is 15.2. The zero-order valence-electron chi connectivity index (χ0n) is 15.4. The van der Waals surface area contributed by atoms with Gasteiger partial charge in [-0.1, -0.05) is 11.6 Å². The molecule has 2 N–H and O–H groups in total. The third-order valence-corrected chi connectivity index (χ3v) is 6.20. The van der Waals surface area contributed by atoms with Crippen LogP contribution < -0.4 is 16.0 Å². The van der Waals surface area contributed by atoms with E-state index in [-0.39, 0.29) is 5.82 Å². The summed E-state index contributed by atoms with van der Waals surface area (Å²) in [6, 6.07) is 3.31. The number of rotatable bonds is 2. The van der Waals surface area contributed by atoms with E-state index < -0.39 is 0 Å². The average Bonchev–Trinajstić information content (AvgIpc) is 2.95. The monoisotopic (exact) mass is 397 g/mol. The van der Waals surface area contributed by atoms with E-state index in [1.54, 1.807) is 0 Å². The van der Waals surface area contributed by atoms with Gasteiger partial charge in [-0.3, -0.25) is 4.98 Å². The molecule has 28 heavy (non-hydrogen) atoms. The SMILES string of the molecule is Fc1ccc([C@H]2CC[C@H](C3=c4[nH]c5c(c4CN=N3)NCC=C(Cl)C=5)CC2)nc1. The van der Waals surface area contributed by atoms with Crippen molar-refractivity contribution in [1.82, 2.24) is 9.97 Å². The van der Waals surface area contributed by atoms with Gasteiger partial charge in [-0.2, -0.15) is 10.2 Å². The molecule has 7 heteroatoms. The summed E-state index contributed by atoms with van der Waals surface area (Å²) in [6.45, 7) is 1.28. The normalized spacial score (nSPS) is 23.8. The van der Waals surface area contributed by atoms with Crippen molar-refractivity contribution < 1.29 is 4.39 Å². The van der Waals surface area contributed by atoms with Crippen molar-refractivity contribution in [2.45, 2.75) is 38.1 Å². The fourth-order valence-corrected chi connectivity index (χ4v) is 4.69. The third kappa shape index (κ3) is 3.15. The Bertz CT molecular complexity index is 1080. The molecular formula is C21H21ClFN5. The van der Waals surface area contributed by atoms with Crippen molar-refractivity contribution in [3.8, 4) is 0 Å². The zero-order chi connectivity index (χ0) is 19.1. The molecule has 144 valence electrons. The van der Waals surface area contributed by atoms with Gasteiger partial charge in [-0.25, -0.2) is 4.39 Å². The van der Waals surface area contributed by atoms with Gasteiger partial charge in [-0.15, -0.1) is 0 Å².